The lowest BCUT2D eigenvalue weighted by molar-refractivity contribution is -0.138. The largest absolute Gasteiger partial charge is 0.504 e. The second kappa shape index (κ2) is 3.48. The SMILES string of the molecule is O=C1C=C[C@@]2(O)C3CC4CCc5ccc(O)c6c5C2(C4C3)[C@H]1O6. The fourth-order valence-corrected chi connectivity index (χ4v) is 6.72. The average molecular weight is 310 g/mol. The number of hydrogen-bond donors (Lipinski definition) is 2. The van der Waals surface area contributed by atoms with Crippen LogP contribution in [0.15, 0.2) is 24.3 Å². The van der Waals surface area contributed by atoms with Crippen molar-refractivity contribution in [3.8, 4) is 11.5 Å². The number of benzene rings is 1. The third-order valence-corrected chi connectivity index (χ3v) is 7.40. The quantitative estimate of drug-likeness (QED) is 0.767. The Morgan fingerprint density at radius 2 is 2.13 bits per heavy atom. The molecule has 4 nitrogen and oxygen atoms in total. The standard InChI is InChI=1S/C19H18O4/c20-13-4-3-9-1-2-10-7-11-8-12(10)19-15(9)16(13)23-17(19)14(21)5-6-18(11,19)22/h3-6,10-12,17,20,22H,1-2,7-8H2/t10?,11?,12?,17-,18+,19?/m0/s1. The smallest absolute Gasteiger partial charge is 0.196 e. The molecule has 0 aromatic heterocycles. The molecule has 1 spiro atoms. The Hall–Kier alpha value is -1.81. The van der Waals surface area contributed by atoms with Crippen LogP contribution in [0.5, 0.6) is 11.5 Å². The average Bonchev–Trinajstić information content (AvgIpc) is 3.16. The topological polar surface area (TPSA) is 66.8 Å². The van der Waals surface area contributed by atoms with Gasteiger partial charge in [0.15, 0.2) is 23.4 Å². The van der Waals surface area contributed by atoms with Gasteiger partial charge in [0.25, 0.3) is 0 Å². The van der Waals surface area contributed by atoms with E-state index in [0.29, 0.717) is 11.7 Å². The van der Waals surface area contributed by atoms with E-state index in [4.69, 9.17) is 4.74 Å². The number of aryl methyl sites for hydroxylation is 1. The summed E-state index contributed by atoms with van der Waals surface area (Å²) in [5, 5.41) is 22.0. The number of ketones is 1. The molecule has 4 heteroatoms. The van der Waals surface area contributed by atoms with E-state index in [1.54, 1.807) is 12.1 Å². The Labute approximate surface area is 133 Å². The zero-order valence-electron chi connectivity index (χ0n) is 12.7. The van der Waals surface area contributed by atoms with Crippen molar-refractivity contribution in [3.05, 3.63) is 35.4 Å². The lowest BCUT2D eigenvalue weighted by Crippen LogP contribution is -2.65. The maximum Gasteiger partial charge on any atom is 0.196 e. The van der Waals surface area contributed by atoms with Crippen molar-refractivity contribution in [1.29, 1.82) is 0 Å². The van der Waals surface area contributed by atoms with Crippen LogP contribution >= 0.6 is 0 Å². The first-order valence-corrected chi connectivity index (χ1v) is 8.55. The number of ether oxygens (including phenoxy) is 1. The normalized spacial score (nSPS) is 47.4. The molecule has 2 saturated carbocycles. The van der Waals surface area contributed by atoms with Gasteiger partial charge in [-0.3, -0.25) is 4.79 Å². The first kappa shape index (κ1) is 12.6. The molecule has 23 heavy (non-hydrogen) atoms. The summed E-state index contributed by atoms with van der Waals surface area (Å²) >= 11 is 0. The number of carbonyl (C=O) groups excluding carboxylic acids is 1. The van der Waals surface area contributed by atoms with Gasteiger partial charge < -0.3 is 14.9 Å². The third-order valence-electron chi connectivity index (χ3n) is 7.40. The summed E-state index contributed by atoms with van der Waals surface area (Å²) in [6.45, 7) is 0. The summed E-state index contributed by atoms with van der Waals surface area (Å²) in [7, 11) is 0. The number of carbonyl (C=O) groups is 1. The summed E-state index contributed by atoms with van der Waals surface area (Å²) < 4.78 is 6.03. The summed E-state index contributed by atoms with van der Waals surface area (Å²) in [5.74, 6) is 1.43. The molecule has 1 aliphatic heterocycles. The zero-order valence-corrected chi connectivity index (χ0v) is 12.7. The first-order valence-electron chi connectivity index (χ1n) is 8.55. The second-order valence-corrected chi connectivity index (χ2v) is 7.95. The molecule has 6 atom stereocenters. The van der Waals surface area contributed by atoms with Gasteiger partial charge >= 0.3 is 0 Å². The molecule has 6 rings (SSSR count). The fourth-order valence-electron chi connectivity index (χ4n) is 6.72. The first-order chi connectivity index (χ1) is 11.1. The van der Waals surface area contributed by atoms with Crippen molar-refractivity contribution in [2.45, 2.75) is 42.8 Å². The lowest BCUT2D eigenvalue weighted by Gasteiger charge is -2.51. The van der Waals surface area contributed by atoms with Crippen LogP contribution in [0.2, 0.25) is 0 Å². The Bertz CT molecular complexity index is 812. The van der Waals surface area contributed by atoms with Gasteiger partial charge in [-0.15, -0.1) is 0 Å². The molecular formula is C19H18O4. The summed E-state index contributed by atoms with van der Waals surface area (Å²) in [5.41, 5.74) is 0.353. The number of hydrogen-bond acceptors (Lipinski definition) is 4. The van der Waals surface area contributed by atoms with Crippen LogP contribution in [0, 0.1) is 17.8 Å². The van der Waals surface area contributed by atoms with Crippen LogP contribution in [0.3, 0.4) is 0 Å². The Balaban J connectivity index is 1.78. The number of phenols is 1. The molecule has 2 fully saturated rings. The number of phenolic OH excluding ortho intramolecular Hbond substituents is 1. The molecule has 2 bridgehead atoms. The van der Waals surface area contributed by atoms with Crippen LogP contribution < -0.4 is 4.74 Å². The third kappa shape index (κ3) is 1.07. The summed E-state index contributed by atoms with van der Waals surface area (Å²) in [4.78, 5) is 12.6. The molecule has 0 saturated heterocycles. The van der Waals surface area contributed by atoms with Gasteiger partial charge in [-0.1, -0.05) is 6.07 Å². The molecule has 1 aromatic carbocycles. The molecule has 5 aliphatic rings. The zero-order chi connectivity index (χ0) is 15.6. The summed E-state index contributed by atoms with van der Waals surface area (Å²) in [6.07, 6.45) is 6.57. The summed E-state index contributed by atoms with van der Waals surface area (Å²) in [6, 6.07) is 3.62. The monoisotopic (exact) mass is 310 g/mol. The van der Waals surface area contributed by atoms with Crippen molar-refractivity contribution in [2.75, 3.05) is 0 Å². The second-order valence-electron chi connectivity index (χ2n) is 7.95. The van der Waals surface area contributed by atoms with Gasteiger partial charge in [-0.2, -0.15) is 0 Å². The molecule has 4 aliphatic carbocycles. The van der Waals surface area contributed by atoms with E-state index in [2.05, 4.69) is 0 Å². The molecule has 0 amide bonds. The van der Waals surface area contributed by atoms with Crippen molar-refractivity contribution in [3.63, 3.8) is 0 Å². The van der Waals surface area contributed by atoms with E-state index in [-0.39, 0.29) is 23.4 Å². The van der Waals surface area contributed by atoms with Gasteiger partial charge in [-0.05, 0) is 67.2 Å². The molecule has 4 unspecified atom stereocenters. The molecule has 118 valence electrons. The number of aliphatic hydroxyl groups is 1. The van der Waals surface area contributed by atoms with Gasteiger partial charge in [0.05, 0.1) is 5.41 Å². The highest BCUT2D eigenvalue weighted by atomic mass is 16.5. The van der Waals surface area contributed by atoms with Crippen LogP contribution in [-0.4, -0.2) is 27.7 Å². The van der Waals surface area contributed by atoms with Crippen molar-refractivity contribution < 1.29 is 19.7 Å². The minimum absolute atomic E-state index is 0.0792. The van der Waals surface area contributed by atoms with E-state index in [1.165, 1.54) is 6.08 Å². The number of rotatable bonds is 0. The molecule has 1 heterocycles. The van der Waals surface area contributed by atoms with E-state index in [9.17, 15) is 15.0 Å². The van der Waals surface area contributed by atoms with E-state index >= 15 is 0 Å². The van der Waals surface area contributed by atoms with E-state index in [1.807, 2.05) is 6.07 Å². The van der Waals surface area contributed by atoms with Crippen LogP contribution in [0.4, 0.5) is 0 Å². The van der Waals surface area contributed by atoms with Crippen LogP contribution in [0.1, 0.15) is 30.4 Å². The van der Waals surface area contributed by atoms with Gasteiger partial charge in [0, 0.05) is 5.56 Å². The van der Waals surface area contributed by atoms with Gasteiger partial charge in [-0.25, -0.2) is 0 Å². The number of fused-ring (bicyclic) bond motifs is 2. The minimum Gasteiger partial charge on any atom is -0.504 e. The maximum absolute atomic E-state index is 12.6. The molecule has 1 aromatic rings. The molecular weight excluding hydrogens is 292 g/mol. The predicted octanol–water partition coefficient (Wildman–Crippen LogP) is 1.86. The Morgan fingerprint density at radius 1 is 1.26 bits per heavy atom. The van der Waals surface area contributed by atoms with Crippen molar-refractivity contribution in [2.24, 2.45) is 17.8 Å². The van der Waals surface area contributed by atoms with Gasteiger partial charge in [0.1, 0.15) is 5.60 Å². The van der Waals surface area contributed by atoms with E-state index in [0.717, 1.165) is 36.8 Å². The fraction of sp³-hybridized carbons (Fsp3) is 0.526. The van der Waals surface area contributed by atoms with E-state index < -0.39 is 17.1 Å². The van der Waals surface area contributed by atoms with Crippen molar-refractivity contribution in [1.82, 2.24) is 0 Å². The van der Waals surface area contributed by atoms with Gasteiger partial charge in [0.2, 0.25) is 0 Å². The van der Waals surface area contributed by atoms with Crippen LogP contribution in [-0.2, 0) is 16.6 Å². The Kier molecular flexibility index (Phi) is 1.91. The molecule has 0 radical (unpaired) electrons. The highest BCUT2D eigenvalue weighted by Crippen LogP contribution is 2.73. The predicted molar refractivity (Wildman–Crippen MR) is 81.3 cm³/mol. The highest BCUT2D eigenvalue weighted by molar-refractivity contribution is 5.99. The minimum atomic E-state index is -1.02. The highest BCUT2D eigenvalue weighted by Gasteiger charge is 2.78. The Morgan fingerprint density at radius 3 is 3.00 bits per heavy atom. The van der Waals surface area contributed by atoms with Crippen molar-refractivity contribution >= 4 is 5.78 Å². The lowest BCUT2D eigenvalue weighted by atomic mass is 9.53. The molecule has 2 N–H and O–H groups in total. The maximum atomic E-state index is 12.6. The van der Waals surface area contributed by atoms with Crippen LogP contribution in [0.25, 0.3) is 0 Å². The number of aromatic hydroxyl groups is 1.